The Bertz CT molecular complexity index is 848. The lowest BCUT2D eigenvalue weighted by Crippen LogP contribution is -2.48. The van der Waals surface area contributed by atoms with Crippen molar-refractivity contribution in [3.8, 4) is 11.3 Å². The van der Waals surface area contributed by atoms with E-state index < -0.39 is 5.91 Å². The van der Waals surface area contributed by atoms with Crippen LogP contribution in [0.3, 0.4) is 0 Å². The Morgan fingerprint density at radius 3 is 2.73 bits per heavy atom. The average Bonchev–Trinajstić information content (AvgIpc) is 3.29. The summed E-state index contributed by atoms with van der Waals surface area (Å²) in [5, 5.41) is 6.51. The molecule has 30 heavy (non-hydrogen) atoms. The molecule has 0 bridgehead atoms. The SMILES string of the molecule is O=C(NCC(=O)N1CCCC(CN2CCOCC2)C1)c1cc(-c2ccccc2)on1. The maximum atomic E-state index is 12.6. The number of rotatable bonds is 6. The predicted molar refractivity (Wildman–Crippen MR) is 111 cm³/mol. The van der Waals surface area contributed by atoms with Crippen molar-refractivity contribution in [2.45, 2.75) is 12.8 Å². The van der Waals surface area contributed by atoms with Crippen LogP contribution in [0.25, 0.3) is 11.3 Å². The molecule has 0 radical (unpaired) electrons. The Kier molecular flexibility index (Phi) is 6.76. The minimum atomic E-state index is -0.406. The third kappa shape index (κ3) is 5.25. The van der Waals surface area contributed by atoms with Gasteiger partial charge in [-0.25, -0.2) is 0 Å². The molecule has 2 aromatic rings. The standard InChI is InChI=1S/C22H28N4O4/c27-21(26-8-4-5-17(16-26)15-25-9-11-29-12-10-25)14-23-22(28)19-13-20(30-24-19)18-6-2-1-3-7-18/h1-3,6-7,13,17H,4-5,8-12,14-16H2,(H,23,28). The van der Waals surface area contributed by atoms with Crippen LogP contribution in [0.5, 0.6) is 0 Å². The monoisotopic (exact) mass is 412 g/mol. The normalized spacial score (nSPS) is 20.1. The van der Waals surface area contributed by atoms with Crippen molar-refractivity contribution in [2.75, 3.05) is 52.5 Å². The molecule has 160 valence electrons. The Balaban J connectivity index is 1.25. The summed E-state index contributed by atoms with van der Waals surface area (Å²) in [6.45, 7) is 5.96. The van der Waals surface area contributed by atoms with E-state index in [1.807, 2.05) is 35.2 Å². The minimum absolute atomic E-state index is 0.0311. The van der Waals surface area contributed by atoms with Gasteiger partial charge in [-0.05, 0) is 18.8 Å². The number of likely N-dealkylation sites (tertiary alicyclic amines) is 1. The van der Waals surface area contributed by atoms with Gasteiger partial charge in [0.2, 0.25) is 5.91 Å². The molecule has 2 aliphatic rings. The van der Waals surface area contributed by atoms with Gasteiger partial charge < -0.3 is 19.5 Å². The van der Waals surface area contributed by atoms with Gasteiger partial charge in [0.25, 0.3) is 5.91 Å². The number of nitrogens with one attached hydrogen (secondary N) is 1. The van der Waals surface area contributed by atoms with Crippen molar-refractivity contribution in [1.29, 1.82) is 0 Å². The number of benzene rings is 1. The van der Waals surface area contributed by atoms with E-state index in [-0.39, 0.29) is 18.1 Å². The summed E-state index contributed by atoms with van der Waals surface area (Å²) >= 11 is 0. The lowest BCUT2D eigenvalue weighted by molar-refractivity contribution is -0.132. The summed E-state index contributed by atoms with van der Waals surface area (Å²) in [4.78, 5) is 29.3. The molecule has 0 aliphatic carbocycles. The lowest BCUT2D eigenvalue weighted by Gasteiger charge is -2.36. The summed E-state index contributed by atoms with van der Waals surface area (Å²) < 4.78 is 10.7. The summed E-state index contributed by atoms with van der Waals surface area (Å²) in [5.41, 5.74) is 1.02. The average molecular weight is 412 g/mol. The lowest BCUT2D eigenvalue weighted by atomic mass is 9.97. The molecule has 8 nitrogen and oxygen atoms in total. The van der Waals surface area contributed by atoms with Crippen LogP contribution < -0.4 is 5.32 Å². The molecule has 3 heterocycles. The number of hydrogen-bond donors (Lipinski definition) is 1. The predicted octanol–water partition coefficient (Wildman–Crippen LogP) is 1.64. The van der Waals surface area contributed by atoms with E-state index in [2.05, 4.69) is 15.4 Å². The van der Waals surface area contributed by atoms with Crippen LogP contribution in [-0.2, 0) is 9.53 Å². The zero-order valence-corrected chi connectivity index (χ0v) is 17.1. The number of amides is 2. The van der Waals surface area contributed by atoms with Gasteiger partial charge in [-0.1, -0.05) is 35.5 Å². The Labute approximate surface area is 176 Å². The smallest absolute Gasteiger partial charge is 0.273 e. The van der Waals surface area contributed by atoms with Crippen LogP contribution >= 0.6 is 0 Å². The fraction of sp³-hybridized carbons (Fsp3) is 0.500. The molecule has 1 atom stereocenters. The van der Waals surface area contributed by atoms with Crippen LogP contribution in [0.1, 0.15) is 23.3 Å². The zero-order chi connectivity index (χ0) is 20.8. The van der Waals surface area contributed by atoms with Gasteiger partial charge in [-0.15, -0.1) is 0 Å². The van der Waals surface area contributed by atoms with Crippen LogP contribution in [-0.4, -0.2) is 79.3 Å². The van der Waals surface area contributed by atoms with Crippen molar-refractivity contribution in [2.24, 2.45) is 5.92 Å². The van der Waals surface area contributed by atoms with E-state index in [0.717, 1.165) is 64.3 Å². The van der Waals surface area contributed by atoms with E-state index in [1.54, 1.807) is 6.07 Å². The van der Waals surface area contributed by atoms with E-state index in [1.165, 1.54) is 0 Å². The molecule has 1 aromatic carbocycles. The third-order valence-electron chi connectivity index (χ3n) is 5.69. The number of morpholine rings is 1. The molecular weight excluding hydrogens is 384 g/mol. The first-order valence-corrected chi connectivity index (χ1v) is 10.6. The zero-order valence-electron chi connectivity index (χ0n) is 17.1. The number of nitrogens with zero attached hydrogens (tertiary/aromatic N) is 3. The first-order valence-electron chi connectivity index (χ1n) is 10.6. The first-order chi connectivity index (χ1) is 14.7. The maximum Gasteiger partial charge on any atom is 0.273 e. The maximum absolute atomic E-state index is 12.6. The fourth-order valence-electron chi connectivity index (χ4n) is 4.07. The second-order valence-electron chi connectivity index (χ2n) is 7.89. The molecule has 8 heteroatoms. The van der Waals surface area contributed by atoms with Gasteiger partial charge >= 0.3 is 0 Å². The molecule has 1 N–H and O–H groups in total. The highest BCUT2D eigenvalue weighted by Crippen LogP contribution is 2.20. The number of aromatic nitrogens is 1. The molecule has 2 saturated heterocycles. The third-order valence-corrected chi connectivity index (χ3v) is 5.69. The van der Waals surface area contributed by atoms with Gasteiger partial charge in [0.1, 0.15) is 0 Å². The molecule has 0 saturated carbocycles. The summed E-state index contributed by atoms with van der Waals surface area (Å²) in [6, 6.07) is 11.0. The van der Waals surface area contributed by atoms with Crippen LogP contribution in [0, 0.1) is 5.92 Å². The van der Waals surface area contributed by atoms with Crippen molar-refractivity contribution >= 4 is 11.8 Å². The van der Waals surface area contributed by atoms with E-state index >= 15 is 0 Å². The van der Waals surface area contributed by atoms with Crippen molar-refractivity contribution in [1.82, 2.24) is 20.3 Å². The van der Waals surface area contributed by atoms with Crippen molar-refractivity contribution in [3.63, 3.8) is 0 Å². The van der Waals surface area contributed by atoms with Gasteiger partial charge in [-0.3, -0.25) is 14.5 Å². The highest BCUT2D eigenvalue weighted by molar-refractivity contribution is 5.95. The van der Waals surface area contributed by atoms with Gasteiger partial charge in [0.05, 0.1) is 19.8 Å². The van der Waals surface area contributed by atoms with Gasteiger partial charge in [0.15, 0.2) is 11.5 Å². The Morgan fingerprint density at radius 1 is 1.13 bits per heavy atom. The highest BCUT2D eigenvalue weighted by atomic mass is 16.5. The number of hydrogen-bond acceptors (Lipinski definition) is 6. The van der Waals surface area contributed by atoms with Crippen LogP contribution in [0.15, 0.2) is 40.9 Å². The quantitative estimate of drug-likeness (QED) is 0.776. The second-order valence-corrected chi connectivity index (χ2v) is 7.89. The van der Waals surface area contributed by atoms with Crippen molar-refractivity contribution < 1.29 is 18.8 Å². The molecule has 1 unspecified atom stereocenters. The van der Waals surface area contributed by atoms with Crippen LogP contribution in [0.4, 0.5) is 0 Å². The summed E-state index contributed by atoms with van der Waals surface area (Å²) in [6.07, 6.45) is 2.13. The van der Waals surface area contributed by atoms with Gasteiger partial charge in [0, 0.05) is 44.4 Å². The molecule has 2 aliphatic heterocycles. The first kappa shape index (κ1) is 20.6. The Hall–Kier alpha value is -2.71. The van der Waals surface area contributed by atoms with E-state index in [9.17, 15) is 9.59 Å². The fourth-order valence-corrected chi connectivity index (χ4v) is 4.07. The number of piperidine rings is 1. The van der Waals surface area contributed by atoms with Gasteiger partial charge in [-0.2, -0.15) is 0 Å². The molecular formula is C22H28N4O4. The van der Waals surface area contributed by atoms with Crippen LogP contribution in [0.2, 0.25) is 0 Å². The number of carbonyl (C=O) groups excluding carboxylic acids is 2. The molecule has 1 aromatic heterocycles. The summed E-state index contributed by atoms with van der Waals surface area (Å²) in [7, 11) is 0. The Morgan fingerprint density at radius 2 is 1.93 bits per heavy atom. The highest BCUT2D eigenvalue weighted by Gasteiger charge is 2.26. The topological polar surface area (TPSA) is 87.9 Å². The molecule has 2 amide bonds. The van der Waals surface area contributed by atoms with Crippen molar-refractivity contribution in [3.05, 3.63) is 42.1 Å². The second kappa shape index (κ2) is 9.86. The number of carbonyl (C=O) groups is 2. The van der Waals surface area contributed by atoms with E-state index in [4.69, 9.17) is 9.26 Å². The number of ether oxygens (including phenoxy) is 1. The summed E-state index contributed by atoms with van der Waals surface area (Å²) in [5.74, 6) is 0.535. The molecule has 4 rings (SSSR count). The largest absolute Gasteiger partial charge is 0.379 e. The molecule has 2 fully saturated rings. The minimum Gasteiger partial charge on any atom is -0.379 e. The molecule has 0 spiro atoms. The van der Waals surface area contributed by atoms with E-state index in [0.29, 0.717) is 11.7 Å².